The van der Waals surface area contributed by atoms with Gasteiger partial charge in [-0.3, -0.25) is 4.78 Å². The molecular formula is C18H18N6OS. The van der Waals surface area contributed by atoms with Crippen LogP contribution in [-0.4, -0.2) is 38.3 Å². The van der Waals surface area contributed by atoms with Gasteiger partial charge in [0.15, 0.2) is 5.82 Å². The third-order valence-corrected chi connectivity index (χ3v) is 5.28. The highest BCUT2D eigenvalue weighted by Gasteiger charge is 2.18. The number of aryl methyl sites for hydroxylation is 1. The van der Waals surface area contributed by atoms with Crippen molar-refractivity contribution < 1.29 is 5.11 Å². The molecule has 1 atom stereocenters. The second-order valence-electron chi connectivity index (χ2n) is 5.83. The summed E-state index contributed by atoms with van der Waals surface area (Å²) in [6.45, 7) is 1.81. The van der Waals surface area contributed by atoms with Gasteiger partial charge in [0.1, 0.15) is 0 Å². The monoisotopic (exact) mass is 366 g/mol. The van der Waals surface area contributed by atoms with E-state index < -0.39 is 10.9 Å². The van der Waals surface area contributed by atoms with Crippen LogP contribution in [0.4, 0.5) is 0 Å². The van der Waals surface area contributed by atoms with Crippen molar-refractivity contribution in [2.75, 3.05) is 14.1 Å². The van der Waals surface area contributed by atoms with E-state index in [9.17, 15) is 5.11 Å². The molecule has 0 aliphatic rings. The summed E-state index contributed by atoms with van der Waals surface area (Å²) in [5.41, 5.74) is 2.60. The number of nitriles is 1. The van der Waals surface area contributed by atoms with Gasteiger partial charge in [-0.25, -0.2) is 9.29 Å². The molecular weight excluding hydrogens is 348 g/mol. The van der Waals surface area contributed by atoms with Gasteiger partial charge in [0, 0.05) is 6.20 Å². The molecule has 3 rings (SSSR count). The molecule has 2 aromatic heterocycles. The van der Waals surface area contributed by atoms with E-state index in [1.165, 1.54) is 4.68 Å². The molecule has 0 spiro atoms. The van der Waals surface area contributed by atoms with E-state index in [1.54, 1.807) is 40.8 Å². The van der Waals surface area contributed by atoms with Crippen LogP contribution in [0.3, 0.4) is 0 Å². The molecule has 2 N–H and O–H groups in total. The fourth-order valence-corrected chi connectivity index (χ4v) is 3.32. The van der Waals surface area contributed by atoms with E-state index in [0.717, 1.165) is 10.5 Å². The zero-order valence-electron chi connectivity index (χ0n) is 14.6. The summed E-state index contributed by atoms with van der Waals surface area (Å²) >= 11 is 0. The average molecular weight is 366 g/mol. The Morgan fingerprint density at radius 3 is 2.42 bits per heavy atom. The van der Waals surface area contributed by atoms with E-state index in [0.29, 0.717) is 22.6 Å². The highest BCUT2D eigenvalue weighted by molar-refractivity contribution is 7.83. The van der Waals surface area contributed by atoms with Gasteiger partial charge in [-0.1, -0.05) is 12.1 Å². The summed E-state index contributed by atoms with van der Waals surface area (Å²) < 4.78 is 11.3. The van der Waals surface area contributed by atoms with E-state index >= 15 is 0 Å². The highest BCUT2D eigenvalue weighted by atomic mass is 32.2. The molecule has 8 heteroatoms. The number of nitrogens with zero attached hydrogens (tertiary/aromatic N) is 5. The van der Waals surface area contributed by atoms with Gasteiger partial charge in [-0.15, -0.1) is 0 Å². The molecule has 0 radical (unpaired) electrons. The second kappa shape index (κ2) is 7.07. The van der Waals surface area contributed by atoms with E-state index in [4.69, 9.17) is 10.0 Å². The van der Waals surface area contributed by atoms with Crippen LogP contribution in [0, 0.1) is 23.0 Å². The summed E-state index contributed by atoms with van der Waals surface area (Å²) in [6, 6.07) is 12.6. The lowest BCUT2D eigenvalue weighted by Gasteiger charge is -2.12. The van der Waals surface area contributed by atoms with Crippen molar-refractivity contribution in [2.24, 2.45) is 0 Å². The molecule has 2 heterocycles. The maximum absolute atomic E-state index is 10.7. The van der Waals surface area contributed by atoms with Crippen LogP contribution in [0.1, 0.15) is 11.3 Å². The number of pyridine rings is 1. The SMILES string of the molecule is Cc1nn(-c2ccc(S(=N)N(C)C)cn2)c(O)c1-c1ccc(C#N)cc1. The topological polar surface area (TPSA) is 102 Å². The standard InChI is InChI=1S/C18H18N6OS/c1-12-17(14-6-4-13(10-19)5-7-14)18(25)24(22-12)16-9-8-15(11-21-16)26(20)23(2)3/h4-9,11,20,25H,1-3H3. The minimum atomic E-state index is -0.785. The zero-order chi connectivity index (χ0) is 18.8. The summed E-state index contributed by atoms with van der Waals surface area (Å²) in [7, 11) is 2.90. The first-order valence-electron chi connectivity index (χ1n) is 7.81. The van der Waals surface area contributed by atoms with Crippen LogP contribution in [-0.2, 0) is 10.9 Å². The molecule has 0 fully saturated rings. The van der Waals surface area contributed by atoms with E-state index in [2.05, 4.69) is 16.2 Å². The van der Waals surface area contributed by atoms with Crippen LogP contribution in [0.5, 0.6) is 5.88 Å². The van der Waals surface area contributed by atoms with Crippen molar-refractivity contribution in [1.82, 2.24) is 19.1 Å². The Bertz CT molecular complexity index is 1000. The molecule has 1 unspecified atom stereocenters. The quantitative estimate of drug-likeness (QED) is 0.739. The fourth-order valence-electron chi connectivity index (χ4n) is 2.55. The van der Waals surface area contributed by atoms with E-state index in [1.807, 2.05) is 27.1 Å². The van der Waals surface area contributed by atoms with Gasteiger partial charge in [0.05, 0.1) is 27.8 Å². The van der Waals surface area contributed by atoms with E-state index in [-0.39, 0.29) is 5.88 Å². The Balaban J connectivity index is 2.00. The Kier molecular flexibility index (Phi) is 4.84. The first kappa shape index (κ1) is 17.8. The number of hydrogen-bond acceptors (Lipinski definition) is 5. The van der Waals surface area contributed by atoms with Crippen molar-refractivity contribution in [3.05, 3.63) is 53.9 Å². The zero-order valence-corrected chi connectivity index (χ0v) is 15.4. The molecule has 26 heavy (non-hydrogen) atoms. The van der Waals surface area contributed by atoms with Gasteiger partial charge in [-0.2, -0.15) is 15.0 Å². The molecule has 0 saturated heterocycles. The highest BCUT2D eigenvalue weighted by Crippen LogP contribution is 2.33. The minimum Gasteiger partial charge on any atom is -0.493 e. The summed E-state index contributed by atoms with van der Waals surface area (Å²) in [4.78, 5) is 5.13. The number of hydrogen-bond donors (Lipinski definition) is 2. The number of aromatic hydroxyl groups is 1. The smallest absolute Gasteiger partial charge is 0.223 e. The van der Waals surface area contributed by atoms with Crippen molar-refractivity contribution >= 4 is 10.9 Å². The summed E-state index contributed by atoms with van der Waals surface area (Å²) in [5.74, 6) is 0.468. The molecule has 0 saturated carbocycles. The van der Waals surface area contributed by atoms with Crippen LogP contribution in [0.15, 0.2) is 47.5 Å². The van der Waals surface area contributed by atoms with Gasteiger partial charge < -0.3 is 5.11 Å². The lowest BCUT2D eigenvalue weighted by atomic mass is 10.0. The number of rotatable bonds is 4. The molecule has 1 aromatic carbocycles. The van der Waals surface area contributed by atoms with Gasteiger partial charge in [0.2, 0.25) is 5.88 Å². The average Bonchev–Trinajstić information content (AvgIpc) is 2.95. The molecule has 7 nitrogen and oxygen atoms in total. The third-order valence-electron chi connectivity index (χ3n) is 3.86. The van der Waals surface area contributed by atoms with Crippen molar-refractivity contribution in [3.63, 3.8) is 0 Å². The summed E-state index contributed by atoms with van der Waals surface area (Å²) in [5, 5.41) is 24.0. The molecule has 0 aliphatic heterocycles. The number of aromatic nitrogens is 3. The van der Waals surface area contributed by atoms with Crippen molar-refractivity contribution in [1.29, 1.82) is 10.0 Å². The normalized spacial score (nSPS) is 12.1. The van der Waals surface area contributed by atoms with Crippen LogP contribution < -0.4 is 0 Å². The molecule has 0 amide bonds. The number of nitrogens with one attached hydrogen (secondary N) is 1. The van der Waals surface area contributed by atoms with Gasteiger partial charge >= 0.3 is 0 Å². The van der Waals surface area contributed by atoms with Crippen LogP contribution in [0.25, 0.3) is 16.9 Å². The third kappa shape index (κ3) is 3.22. The Hall–Kier alpha value is -3.02. The van der Waals surface area contributed by atoms with Crippen LogP contribution in [0.2, 0.25) is 0 Å². The lowest BCUT2D eigenvalue weighted by molar-refractivity contribution is 0.433. The maximum atomic E-state index is 10.7. The first-order chi connectivity index (χ1) is 12.4. The second-order valence-corrected chi connectivity index (χ2v) is 7.61. The Morgan fingerprint density at radius 1 is 1.19 bits per heavy atom. The molecule has 0 aliphatic carbocycles. The van der Waals surface area contributed by atoms with Gasteiger partial charge in [0.25, 0.3) is 0 Å². The first-order valence-corrected chi connectivity index (χ1v) is 8.99. The molecule has 132 valence electrons. The number of benzene rings is 1. The predicted octanol–water partition coefficient (Wildman–Crippen LogP) is 3.04. The largest absolute Gasteiger partial charge is 0.493 e. The predicted molar refractivity (Wildman–Crippen MR) is 99.9 cm³/mol. The Morgan fingerprint density at radius 2 is 1.88 bits per heavy atom. The molecule has 0 bridgehead atoms. The Labute approximate surface area is 154 Å². The maximum Gasteiger partial charge on any atom is 0.223 e. The van der Waals surface area contributed by atoms with Gasteiger partial charge in [-0.05, 0) is 61.7 Å². The fraction of sp³-hybridized carbons (Fsp3) is 0.167. The van der Waals surface area contributed by atoms with Crippen molar-refractivity contribution in [2.45, 2.75) is 11.8 Å². The minimum absolute atomic E-state index is 0.00932. The lowest BCUT2D eigenvalue weighted by Crippen LogP contribution is -2.14. The molecule has 3 aromatic rings. The summed E-state index contributed by atoms with van der Waals surface area (Å²) in [6.07, 6.45) is 1.63. The van der Waals surface area contributed by atoms with Crippen LogP contribution >= 0.6 is 0 Å². The van der Waals surface area contributed by atoms with Crippen molar-refractivity contribution in [3.8, 4) is 28.9 Å².